The second kappa shape index (κ2) is 4.34. The summed E-state index contributed by atoms with van der Waals surface area (Å²) in [6.45, 7) is 0. The Morgan fingerprint density at radius 3 is 2.76 bits per heavy atom. The van der Waals surface area contributed by atoms with Crippen molar-refractivity contribution in [2.75, 3.05) is 0 Å². The highest BCUT2D eigenvalue weighted by Gasteiger charge is 2.20. The topological polar surface area (TPSA) is 83.6 Å². The van der Waals surface area contributed by atoms with Crippen LogP contribution in [-0.2, 0) is 0 Å². The van der Waals surface area contributed by atoms with Crippen LogP contribution in [0.4, 0.5) is 4.39 Å². The van der Waals surface area contributed by atoms with E-state index in [-0.39, 0.29) is 17.1 Å². The molecule has 0 bridgehead atoms. The maximum absolute atomic E-state index is 13.3. The number of aliphatic hydroxyl groups excluding tert-OH is 1. The van der Waals surface area contributed by atoms with Gasteiger partial charge < -0.3 is 14.6 Å². The first-order valence-corrected chi connectivity index (χ1v) is 4.70. The Bertz CT molecular complexity index is 552. The number of aromatic carboxylic acids is 1. The van der Waals surface area contributed by atoms with Gasteiger partial charge in [-0.15, -0.1) is 0 Å². The van der Waals surface area contributed by atoms with Crippen LogP contribution in [-0.4, -0.2) is 21.2 Å². The van der Waals surface area contributed by atoms with E-state index in [2.05, 4.69) is 4.98 Å². The lowest BCUT2D eigenvalue weighted by atomic mass is 10.1. The molecule has 17 heavy (non-hydrogen) atoms. The van der Waals surface area contributed by atoms with Crippen LogP contribution in [0, 0.1) is 5.82 Å². The minimum Gasteiger partial charge on any atom is -0.475 e. The van der Waals surface area contributed by atoms with Gasteiger partial charge >= 0.3 is 5.97 Å². The third-order valence-electron chi connectivity index (χ3n) is 2.21. The van der Waals surface area contributed by atoms with Crippen molar-refractivity contribution in [2.45, 2.75) is 6.10 Å². The lowest BCUT2D eigenvalue weighted by Gasteiger charge is -2.08. The molecule has 2 aromatic rings. The Morgan fingerprint density at radius 2 is 2.18 bits per heavy atom. The molecule has 0 amide bonds. The van der Waals surface area contributed by atoms with E-state index in [0.29, 0.717) is 0 Å². The van der Waals surface area contributed by atoms with Crippen molar-refractivity contribution in [3.05, 3.63) is 53.5 Å². The van der Waals surface area contributed by atoms with Crippen LogP contribution in [0.2, 0.25) is 0 Å². The van der Waals surface area contributed by atoms with Gasteiger partial charge in [0.2, 0.25) is 5.76 Å². The highest BCUT2D eigenvalue weighted by molar-refractivity contribution is 5.84. The highest BCUT2D eigenvalue weighted by atomic mass is 19.1. The number of rotatable bonds is 3. The zero-order valence-electron chi connectivity index (χ0n) is 8.50. The molecule has 88 valence electrons. The summed E-state index contributed by atoms with van der Waals surface area (Å²) in [4.78, 5) is 14.1. The second-order valence-electron chi connectivity index (χ2n) is 3.31. The number of furan rings is 1. The summed E-state index contributed by atoms with van der Waals surface area (Å²) in [5, 5.41) is 18.5. The monoisotopic (exact) mass is 237 g/mol. The quantitative estimate of drug-likeness (QED) is 0.846. The van der Waals surface area contributed by atoms with Crippen molar-refractivity contribution in [1.82, 2.24) is 4.98 Å². The molecule has 0 fully saturated rings. The first-order chi connectivity index (χ1) is 8.09. The van der Waals surface area contributed by atoms with Gasteiger partial charge in [0.05, 0.1) is 6.20 Å². The first-order valence-electron chi connectivity index (χ1n) is 4.70. The Balaban J connectivity index is 2.34. The van der Waals surface area contributed by atoms with E-state index in [4.69, 9.17) is 9.52 Å². The molecule has 0 aliphatic rings. The molecule has 0 spiro atoms. The van der Waals surface area contributed by atoms with Crippen LogP contribution < -0.4 is 0 Å². The summed E-state index contributed by atoms with van der Waals surface area (Å²) in [5.41, 5.74) is -0.0220. The molecule has 0 saturated carbocycles. The fourth-order valence-corrected chi connectivity index (χ4v) is 1.38. The first kappa shape index (κ1) is 11.3. The number of hydrogen-bond acceptors (Lipinski definition) is 4. The molecule has 1 atom stereocenters. The average Bonchev–Trinajstić information content (AvgIpc) is 2.78. The van der Waals surface area contributed by atoms with Crippen LogP contribution in [0.3, 0.4) is 0 Å². The number of carboxylic acid groups (broad SMARTS) is 1. The SMILES string of the molecule is O=C(O)c1ccc(C(O)c2ccncc2F)o1. The van der Waals surface area contributed by atoms with Crippen molar-refractivity contribution in [3.8, 4) is 0 Å². The number of nitrogens with zero attached hydrogens (tertiary/aromatic N) is 1. The predicted molar refractivity (Wildman–Crippen MR) is 53.9 cm³/mol. The number of aliphatic hydroxyl groups is 1. The molecule has 0 aromatic carbocycles. The molecule has 2 rings (SSSR count). The molecule has 5 nitrogen and oxygen atoms in total. The molecular formula is C11H8FNO4. The minimum absolute atomic E-state index is 0.0220. The Kier molecular flexibility index (Phi) is 2.88. The van der Waals surface area contributed by atoms with Gasteiger partial charge in [-0.3, -0.25) is 4.98 Å². The molecule has 0 saturated heterocycles. The zero-order valence-corrected chi connectivity index (χ0v) is 8.50. The summed E-state index contributed by atoms with van der Waals surface area (Å²) in [7, 11) is 0. The smallest absolute Gasteiger partial charge is 0.371 e. The van der Waals surface area contributed by atoms with Gasteiger partial charge in [-0.2, -0.15) is 0 Å². The molecule has 0 aliphatic heterocycles. The van der Waals surface area contributed by atoms with Crippen LogP contribution in [0.5, 0.6) is 0 Å². The third-order valence-corrected chi connectivity index (χ3v) is 2.21. The summed E-state index contributed by atoms with van der Waals surface area (Å²) < 4.78 is 18.2. The van der Waals surface area contributed by atoms with Gasteiger partial charge in [-0.25, -0.2) is 9.18 Å². The van der Waals surface area contributed by atoms with Crippen molar-refractivity contribution >= 4 is 5.97 Å². The van der Waals surface area contributed by atoms with E-state index in [1.54, 1.807) is 0 Å². The van der Waals surface area contributed by atoms with E-state index in [1.807, 2.05) is 0 Å². The van der Waals surface area contributed by atoms with E-state index >= 15 is 0 Å². The van der Waals surface area contributed by atoms with Gasteiger partial charge in [-0.05, 0) is 18.2 Å². The van der Waals surface area contributed by atoms with Gasteiger partial charge in [0, 0.05) is 11.8 Å². The van der Waals surface area contributed by atoms with Crippen molar-refractivity contribution in [1.29, 1.82) is 0 Å². The molecule has 2 N–H and O–H groups in total. The fourth-order valence-electron chi connectivity index (χ4n) is 1.38. The zero-order chi connectivity index (χ0) is 12.4. The number of pyridine rings is 1. The van der Waals surface area contributed by atoms with Crippen molar-refractivity contribution < 1.29 is 23.8 Å². The van der Waals surface area contributed by atoms with Gasteiger partial charge in [0.15, 0.2) is 0 Å². The van der Waals surface area contributed by atoms with E-state index in [0.717, 1.165) is 6.20 Å². The third kappa shape index (κ3) is 2.16. The van der Waals surface area contributed by atoms with Gasteiger partial charge in [0.25, 0.3) is 0 Å². The normalized spacial score (nSPS) is 12.4. The van der Waals surface area contributed by atoms with E-state index in [9.17, 15) is 14.3 Å². The van der Waals surface area contributed by atoms with Crippen LogP contribution in [0.15, 0.2) is 35.0 Å². The molecule has 0 aliphatic carbocycles. The van der Waals surface area contributed by atoms with Crippen LogP contribution in [0.25, 0.3) is 0 Å². The standard InChI is InChI=1S/C11H8FNO4/c12-7-5-13-4-3-6(7)10(14)8-1-2-9(17-8)11(15)16/h1-5,10,14H,(H,15,16). The molecule has 2 aromatic heterocycles. The summed E-state index contributed by atoms with van der Waals surface area (Å²) in [6.07, 6.45) is 0.925. The molecule has 6 heteroatoms. The maximum Gasteiger partial charge on any atom is 0.371 e. The number of carboxylic acids is 1. The largest absolute Gasteiger partial charge is 0.475 e. The fraction of sp³-hybridized carbons (Fsp3) is 0.0909. The summed E-state index contributed by atoms with van der Waals surface area (Å²) in [5.74, 6) is -2.28. The van der Waals surface area contributed by atoms with E-state index < -0.39 is 17.9 Å². The predicted octanol–water partition coefficient (Wildman–Crippen LogP) is 1.59. The summed E-state index contributed by atoms with van der Waals surface area (Å²) >= 11 is 0. The molecule has 0 radical (unpaired) electrons. The second-order valence-corrected chi connectivity index (χ2v) is 3.31. The number of aromatic nitrogens is 1. The molecule has 2 heterocycles. The number of halogens is 1. The van der Waals surface area contributed by atoms with Gasteiger partial charge in [0.1, 0.15) is 17.7 Å². The minimum atomic E-state index is -1.36. The Labute approximate surface area is 95.1 Å². The van der Waals surface area contributed by atoms with Crippen LogP contribution >= 0.6 is 0 Å². The molecular weight excluding hydrogens is 229 g/mol. The number of carbonyl (C=O) groups is 1. The number of hydrogen-bond donors (Lipinski definition) is 2. The maximum atomic E-state index is 13.3. The Morgan fingerprint density at radius 1 is 1.41 bits per heavy atom. The lowest BCUT2D eigenvalue weighted by molar-refractivity contribution is 0.0655. The summed E-state index contributed by atoms with van der Waals surface area (Å²) in [6, 6.07) is 3.77. The van der Waals surface area contributed by atoms with Gasteiger partial charge in [-0.1, -0.05) is 0 Å². The average molecular weight is 237 g/mol. The Hall–Kier alpha value is -2.21. The van der Waals surface area contributed by atoms with Crippen molar-refractivity contribution in [2.24, 2.45) is 0 Å². The highest BCUT2D eigenvalue weighted by Crippen LogP contribution is 2.25. The van der Waals surface area contributed by atoms with Crippen molar-refractivity contribution in [3.63, 3.8) is 0 Å². The lowest BCUT2D eigenvalue weighted by Crippen LogP contribution is -2.02. The molecule has 1 unspecified atom stereocenters. The van der Waals surface area contributed by atoms with E-state index in [1.165, 1.54) is 24.4 Å². The van der Waals surface area contributed by atoms with Crippen LogP contribution in [0.1, 0.15) is 28.0 Å².